The van der Waals surface area contributed by atoms with Crippen LogP contribution in [0.1, 0.15) is 118 Å². The molecule has 0 radical (unpaired) electrons. The molecule has 11 N–H and O–H groups in total. The fraction of sp³-hybridized carbons (Fsp3) is 0.750. The third-order valence-electron chi connectivity index (χ3n) is 14.2. The minimum absolute atomic E-state index is 0.0251. The highest BCUT2D eigenvalue weighted by Gasteiger charge is 2.64. The van der Waals surface area contributed by atoms with Crippen LogP contribution in [0.3, 0.4) is 0 Å². The molecule has 2 saturated heterocycles. The highest BCUT2D eigenvalue weighted by Crippen LogP contribution is 2.50. The number of ether oxygens (including phenoxy) is 6. The van der Waals surface area contributed by atoms with E-state index >= 15 is 0 Å². The number of nitrogens with one attached hydrogen (secondary N) is 2. The minimum atomic E-state index is -3.74. The van der Waals surface area contributed by atoms with Crippen molar-refractivity contribution in [3.8, 4) is 11.8 Å². The van der Waals surface area contributed by atoms with Gasteiger partial charge in [0.2, 0.25) is 30.3 Å². The van der Waals surface area contributed by atoms with Crippen molar-refractivity contribution in [1.29, 1.82) is 0 Å². The number of hydrogen-bond donors (Lipinski definition) is 9. The Morgan fingerprint density at radius 1 is 0.741 bits per heavy atom. The molecule has 0 spiro atoms. The lowest BCUT2D eigenvalue weighted by atomic mass is 9.88. The van der Waals surface area contributed by atoms with E-state index in [9.17, 15) is 53.0 Å². The van der Waals surface area contributed by atoms with Crippen LogP contribution in [0, 0.1) is 0 Å². The Balaban J connectivity index is 0.000000218. The van der Waals surface area contributed by atoms with E-state index < -0.39 is 106 Å². The van der Waals surface area contributed by atoms with E-state index in [1.54, 1.807) is 20.8 Å². The number of aliphatic hydroxyl groups is 5. The molecule has 81 heavy (non-hydrogen) atoms. The van der Waals surface area contributed by atoms with E-state index in [-0.39, 0.29) is 70.8 Å². The zero-order valence-electron chi connectivity index (χ0n) is 46.6. The summed E-state index contributed by atoms with van der Waals surface area (Å²) in [5, 5.41) is 58.0. The van der Waals surface area contributed by atoms with Gasteiger partial charge in [0.1, 0.15) is 61.1 Å². The summed E-state index contributed by atoms with van der Waals surface area (Å²) < 4.78 is 93.7. The van der Waals surface area contributed by atoms with Crippen LogP contribution in [0.5, 0.6) is 11.8 Å². The number of alkyl halides is 2. The first-order valence-electron chi connectivity index (χ1n) is 26.6. The number of rotatable bonds is 20. The molecule has 4 aromatic rings. The van der Waals surface area contributed by atoms with E-state index in [1.165, 1.54) is 62.3 Å². The Hall–Kier alpha value is -4.55. The number of anilines is 2. The minimum Gasteiger partial charge on any atom is -0.476 e. The number of hydrogen-bond acceptors (Lipinski definition) is 24. The number of esters is 2. The van der Waals surface area contributed by atoms with Crippen LogP contribution < -0.4 is 31.1 Å². The van der Waals surface area contributed by atoms with Crippen molar-refractivity contribution in [2.45, 2.75) is 177 Å². The van der Waals surface area contributed by atoms with Crippen LogP contribution in [0.4, 0.5) is 20.7 Å². The van der Waals surface area contributed by atoms with Gasteiger partial charge in [0.15, 0.2) is 46.0 Å². The average Bonchev–Trinajstić information content (AvgIpc) is 4.16. The zero-order chi connectivity index (χ0) is 59.9. The molecule has 0 amide bonds. The molecule has 4 fully saturated rings. The second-order valence-corrected chi connectivity index (χ2v) is 27.1. The lowest BCUT2D eigenvalue weighted by Gasteiger charge is -2.32. The molecule has 0 aromatic carbocycles. The second-order valence-electron chi connectivity index (χ2n) is 21.1. The fourth-order valence-corrected chi connectivity index (χ4v) is 12.5. The topological polar surface area (TPSA) is 397 Å². The summed E-state index contributed by atoms with van der Waals surface area (Å²) in [6.45, 7) is 5.42. The van der Waals surface area contributed by atoms with Crippen molar-refractivity contribution in [1.82, 2.24) is 49.2 Å². The predicted molar refractivity (Wildman–Crippen MR) is 290 cm³/mol. The Morgan fingerprint density at radius 3 is 1.51 bits per heavy atom. The first kappa shape index (κ1) is 65.6. The summed E-state index contributed by atoms with van der Waals surface area (Å²) in [5.74, 6) is -0.899. The van der Waals surface area contributed by atoms with Crippen molar-refractivity contribution in [3.05, 3.63) is 12.7 Å². The SMILES string of the molecule is CCOc1nc(N)nc2c1ncn2[C@@H]1O[C@@](CO)(CF)[C@@H](O)[C@@]1(C)O.CCOc1nc(N)nc2c1ncn2[C@@H]1O[C@](CF)(COP(C)(=O)N[C@@H](C)C(=O)OC2CCCCC2)[C@@H](O)[C@@]1(C)O.C[C@H](NP(C)(=O)Cl)C(=O)OC1CCCCC1. The number of nitrogens with zero attached hydrogens (tertiary/aromatic N) is 8. The molecule has 6 heterocycles. The number of halogens is 3. The number of imidazole rings is 2. The Bertz CT molecular complexity index is 2870. The molecule has 2 aliphatic heterocycles. The van der Waals surface area contributed by atoms with Crippen LogP contribution in [-0.4, -0.2) is 189 Å². The molecular weight excluding hydrogens is 1140 g/mol. The first-order valence-corrected chi connectivity index (χ1v) is 31.8. The van der Waals surface area contributed by atoms with E-state index in [0.29, 0.717) is 6.61 Å². The van der Waals surface area contributed by atoms with Crippen molar-refractivity contribution in [2.24, 2.45) is 0 Å². The lowest BCUT2D eigenvalue weighted by Crippen LogP contribution is -2.53. The number of aromatic nitrogens is 8. The standard InChI is InChI=1S/C24H38FN6O8P.C14H20FN5O5.C10H19ClNO3P/c1-5-36-18-16-17(28-22(26)29-18)31(13-27-16)21-23(3,34)20(33)24(11-25,39-21)12-37-40(4,35)30-14(2)19(32)38-15-9-7-6-8-10-15;1-3-24-9-7-8(18-12(16)19-9)20(6-17-7)11-13(2,23)10(22)14(4-15,5-21)25-11;1-8(12-16(2,11)14)10(13)15-9-6-4-3-5-7-9/h13-15,20-21,33-34H,5-12H2,1-4H3,(H,30,35)(H2,26,28,29);6,10-11,21-23H,3-5H2,1-2H3,(H2,16,18,19);8-9H,3-7H2,1-2H3,(H,12,14)/t14-,20-,21+,23+,24+,40?;10-,11+,13+,14+;8-,16?/m000/s1. The van der Waals surface area contributed by atoms with Crippen LogP contribution in [0.2, 0.25) is 0 Å². The molecule has 33 heteroatoms. The van der Waals surface area contributed by atoms with Gasteiger partial charge in [-0.15, -0.1) is 0 Å². The van der Waals surface area contributed by atoms with Gasteiger partial charge in [-0.05, 0) is 104 Å². The van der Waals surface area contributed by atoms with Gasteiger partial charge in [-0.3, -0.25) is 27.9 Å². The van der Waals surface area contributed by atoms with Crippen molar-refractivity contribution in [2.75, 3.05) is 64.6 Å². The van der Waals surface area contributed by atoms with Crippen molar-refractivity contribution < 1.29 is 86.0 Å². The quantitative estimate of drug-likeness (QED) is 0.0447. The Morgan fingerprint density at radius 2 is 1.14 bits per heavy atom. The maximum atomic E-state index is 14.6. The van der Waals surface area contributed by atoms with Gasteiger partial charge in [0, 0.05) is 13.3 Å². The summed E-state index contributed by atoms with van der Waals surface area (Å²) in [4.78, 5) is 48.7. The molecule has 2 unspecified atom stereocenters. The maximum absolute atomic E-state index is 14.6. The van der Waals surface area contributed by atoms with Crippen LogP contribution >= 0.6 is 25.4 Å². The Kier molecular flexibility index (Phi) is 21.9. The largest absolute Gasteiger partial charge is 0.476 e. The van der Waals surface area contributed by atoms with Gasteiger partial charge >= 0.3 is 11.9 Å². The van der Waals surface area contributed by atoms with E-state index in [4.69, 9.17) is 55.7 Å². The number of aliphatic hydroxyl groups excluding tert-OH is 3. The first-order chi connectivity index (χ1) is 38.0. The number of carbonyl (C=O) groups excluding carboxylic acids is 2. The molecule has 0 bridgehead atoms. The van der Waals surface area contributed by atoms with Crippen LogP contribution in [-0.2, 0) is 42.2 Å². The molecular formula is C48H77ClF2N12O16P2. The molecule has 456 valence electrons. The van der Waals surface area contributed by atoms with Crippen molar-refractivity contribution >= 4 is 71.6 Å². The molecule has 2 saturated carbocycles. The zero-order valence-corrected chi connectivity index (χ0v) is 49.1. The van der Waals surface area contributed by atoms with Gasteiger partial charge < -0.3 is 69.9 Å². The third-order valence-corrected chi connectivity index (χ3v) is 16.8. The normalized spacial score (nSPS) is 29.3. The fourth-order valence-electron chi connectivity index (χ4n) is 9.95. The van der Waals surface area contributed by atoms with Crippen LogP contribution in [0.25, 0.3) is 22.3 Å². The molecule has 4 aromatic heterocycles. The van der Waals surface area contributed by atoms with E-state index in [0.717, 1.165) is 57.8 Å². The summed E-state index contributed by atoms with van der Waals surface area (Å²) in [5.41, 5.74) is 4.23. The summed E-state index contributed by atoms with van der Waals surface area (Å²) in [6.07, 6.45) is 6.18. The van der Waals surface area contributed by atoms with E-state index in [1.807, 2.05) is 0 Å². The van der Waals surface area contributed by atoms with Gasteiger partial charge in [-0.1, -0.05) is 12.8 Å². The number of nitrogens with two attached hydrogens (primary N) is 2. The number of carbonyl (C=O) groups is 2. The van der Waals surface area contributed by atoms with Gasteiger partial charge in [0.25, 0.3) is 7.52 Å². The second kappa shape index (κ2) is 27.0. The molecule has 2 aliphatic carbocycles. The van der Waals surface area contributed by atoms with E-state index in [2.05, 4.69) is 40.1 Å². The van der Waals surface area contributed by atoms with Gasteiger partial charge in [-0.2, -0.15) is 19.9 Å². The highest BCUT2D eigenvalue weighted by molar-refractivity contribution is 7.87. The number of fused-ring (bicyclic) bond motifs is 2. The van der Waals surface area contributed by atoms with Crippen LogP contribution in [0.15, 0.2) is 12.7 Å². The molecule has 8 rings (SSSR count). The summed E-state index contributed by atoms with van der Waals surface area (Å²) in [6, 6.07) is -1.58. The summed E-state index contributed by atoms with van der Waals surface area (Å²) >= 11 is 5.55. The summed E-state index contributed by atoms with van der Waals surface area (Å²) in [7, 11) is -3.74. The van der Waals surface area contributed by atoms with Crippen molar-refractivity contribution in [3.63, 3.8) is 0 Å². The molecule has 4 aliphatic rings. The smallest absolute Gasteiger partial charge is 0.323 e. The van der Waals surface area contributed by atoms with Gasteiger partial charge in [0.05, 0.1) is 39.1 Å². The monoisotopic (exact) mass is 1210 g/mol. The third kappa shape index (κ3) is 15.2. The molecule has 12 atom stereocenters. The number of nitrogen functional groups attached to an aromatic ring is 2. The maximum Gasteiger partial charge on any atom is 0.323 e. The highest BCUT2D eigenvalue weighted by atomic mass is 35.7. The molecule has 28 nitrogen and oxygen atoms in total. The predicted octanol–water partition coefficient (Wildman–Crippen LogP) is 3.90. The van der Waals surface area contributed by atoms with Gasteiger partial charge in [-0.25, -0.2) is 28.9 Å². The lowest BCUT2D eigenvalue weighted by molar-refractivity contribution is -0.153. The average molecular weight is 1210 g/mol. The Labute approximate surface area is 471 Å².